The van der Waals surface area contributed by atoms with Gasteiger partial charge in [-0.25, -0.2) is 0 Å². The van der Waals surface area contributed by atoms with Gasteiger partial charge in [0.1, 0.15) is 0 Å². The number of carbonyl (C=O) groups excluding carboxylic acids is 1. The Morgan fingerprint density at radius 1 is 1.00 bits per heavy atom. The normalized spacial score (nSPS) is 14.7. The number of rotatable bonds is 12. The van der Waals surface area contributed by atoms with Crippen LogP contribution in [-0.2, 0) is 9.53 Å². The molecule has 2 heteroatoms. The molecule has 0 N–H and O–H groups in total. The Kier molecular flexibility index (Phi) is 8.97. The van der Waals surface area contributed by atoms with Gasteiger partial charge in [-0.15, -0.1) is 0 Å². The Morgan fingerprint density at radius 3 is 2.44 bits per heavy atom. The lowest BCUT2D eigenvalue weighted by Gasteiger charge is -2.04. The van der Waals surface area contributed by atoms with Crippen molar-refractivity contribution in [1.29, 1.82) is 0 Å². The molecule has 1 rings (SSSR count). The van der Waals surface area contributed by atoms with Crippen molar-refractivity contribution in [2.45, 2.75) is 84.0 Å². The van der Waals surface area contributed by atoms with Gasteiger partial charge in [-0.2, -0.15) is 0 Å². The fraction of sp³-hybridized carbons (Fsp3) is 0.938. The van der Waals surface area contributed by atoms with Gasteiger partial charge in [0.25, 0.3) is 0 Å². The zero-order valence-corrected chi connectivity index (χ0v) is 12.1. The molecule has 1 saturated carbocycles. The lowest BCUT2D eigenvalue weighted by molar-refractivity contribution is -0.143. The molecule has 106 valence electrons. The molecule has 0 unspecified atom stereocenters. The number of carbonyl (C=O) groups is 1. The van der Waals surface area contributed by atoms with Crippen LogP contribution in [0.4, 0.5) is 0 Å². The monoisotopic (exact) mass is 254 g/mol. The predicted octanol–water partition coefficient (Wildman–Crippen LogP) is 4.86. The topological polar surface area (TPSA) is 26.3 Å². The molecule has 0 aliphatic heterocycles. The summed E-state index contributed by atoms with van der Waals surface area (Å²) in [5.74, 6) is 1.05. The van der Waals surface area contributed by atoms with E-state index in [0.29, 0.717) is 13.0 Å². The van der Waals surface area contributed by atoms with Crippen LogP contribution in [0.15, 0.2) is 0 Å². The van der Waals surface area contributed by atoms with E-state index in [2.05, 4.69) is 6.92 Å². The van der Waals surface area contributed by atoms with Crippen LogP contribution in [0.5, 0.6) is 0 Å². The highest BCUT2D eigenvalue weighted by Crippen LogP contribution is 2.33. The molecule has 0 aromatic carbocycles. The van der Waals surface area contributed by atoms with E-state index in [1.807, 2.05) is 0 Å². The first-order valence-electron chi connectivity index (χ1n) is 7.98. The molecule has 0 amide bonds. The third-order valence-corrected chi connectivity index (χ3v) is 3.70. The minimum atomic E-state index is 0.00805. The fourth-order valence-corrected chi connectivity index (χ4v) is 2.25. The van der Waals surface area contributed by atoms with E-state index in [9.17, 15) is 4.79 Å². The maximum absolute atomic E-state index is 11.4. The van der Waals surface area contributed by atoms with E-state index in [-0.39, 0.29) is 5.97 Å². The van der Waals surface area contributed by atoms with Crippen LogP contribution >= 0.6 is 0 Å². The van der Waals surface area contributed by atoms with Gasteiger partial charge < -0.3 is 4.74 Å². The lowest BCUT2D eigenvalue weighted by atomic mass is 10.1. The van der Waals surface area contributed by atoms with Gasteiger partial charge in [-0.05, 0) is 18.8 Å². The summed E-state index contributed by atoms with van der Waals surface area (Å²) in [6.45, 7) is 2.84. The first-order chi connectivity index (χ1) is 8.83. The SMILES string of the molecule is CCCCCCCC(=O)OCCCCCC1CC1. The Bertz CT molecular complexity index is 209. The van der Waals surface area contributed by atoms with Gasteiger partial charge in [-0.3, -0.25) is 4.79 Å². The molecule has 0 radical (unpaired) electrons. The number of ether oxygens (including phenoxy) is 1. The van der Waals surface area contributed by atoms with Crippen molar-refractivity contribution in [3.05, 3.63) is 0 Å². The largest absolute Gasteiger partial charge is 0.466 e. The van der Waals surface area contributed by atoms with Crippen LogP contribution in [0.3, 0.4) is 0 Å². The number of unbranched alkanes of at least 4 members (excludes halogenated alkanes) is 6. The lowest BCUT2D eigenvalue weighted by Crippen LogP contribution is -2.05. The molecular weight excluding hydrogens is 224 g/mol. The molecular formula is C16H30O2. The summed E-state index contributed by atoms with van der Waals surface area (Å²) >= 11 is 0. The first-order valence-corrected chi connectivity index (χ1v) is 7.98. The van der Waals surface area contributed by atoms with E-state index in [4.69, 9.17) is 4.74 Å². The number of esters is 1. The van der Waals surface area contributed by atoms with Crippen LogP contribution in [0.1, 0.15) is 84.0 Å². The van der Waals surface area contributed by atoms with Gasteiger partial charge in [0.2, 0.25) is 0 Å². The minimum absolute atomic E-state index is 0.00805. The Labute approximate surface area is 112 Å². The van der Waals surface area contributed by atoms with Gasteiger partial charge >= 0.3 is 5.97 Å². The van der Waals surface area contributed by atoms with Crippen molar-refractivity contribution in [3.63, 3.8) is 0 Å². The first kappa shape index (κ1) is 15.5. The molecule has 18 heavy (non-hydrogen) atoms. The van der Waals surface area contributed by atoms with Crippen LogP contribution in [0.2, 0.25) is 0 Å². The molecule has 1 aliphatic carbocycles. The van der Waals surface area contributed by atoms with Crippen LogP contribution in [-0.4, -0.2) is 12.6 Å². The molecule has 1 fully saturated rings. The second kappa shape index (κ2) is 10.4. The molecule has 2 nitrogen and oxygen atoms in total. The van der Waals surface area contributed by atoms with Gasteiger partial charge in [-0.1, -0.05) is 64.7 Å². The van der Waals surface area contributed by atoms with Gasteiger partial charge in [0, 0.05) is 6.42 Å². The van der Waals surface area contributed by atoms with Crippen molar-refractivity contribution >= 4 is 5.97 Å². The summed E-state index contributed by atoms with van der Waals surface area (Å²) in [6.07, 6.45) is 14.5. The van der Waals surface area contributed by atoms with Gasteiger partial charge in [0.15, 0.2) is 0 Å². The molecule has 0 spiro atoms. The smallest absolute Gasteiger partial charge is 0.305 e. The highest BCUT2D eigenvalue weighted by Gasteiger charge is 2.19. The van der Waals surface area contributed by atoms with Crippen molar-refractivity contribution in [2.75, 3.05) is 6.61 Å². The summed E-state index contributed by atoms with van der Waals surface area (Å²) in [6, 6.07) is 0. The molecule has 1 aliphatic rings. The zero-order valence-electron chi connectivity index (χ0n) is 12.1. The summed E-state index contributed by atoms with van der Waals surface area (Å²) in [5, 5.41) is 0. The van der Waals surface area contributed by atoms with E-state index >= 15 is 0 Å². The second-order valence-electron chi connectivity index (χ2n) is 5.68. The molecule has 0 aromatic rings. The Balaban J connectivity index is 1.75. The number of hydrogen-bond donors (Lipinski definition) is 0. The summed E-state index contributed by atoms with van der Waals surface area (Å²) in [5.41, 5.74) is 0. The van der Waals surface area contributed by atoms with Crippen molar-refractivity contribution in [2.24, 2.45) is 5.92 Å². The third kappa shape index (κ3) is 9.49. The average molecular weight is 254 g/mol. The molecule has 0 atom stereocenters. The second-order valence-corrected chi connectivity index (χ2v) is 5.68. The van der Waals surface area contributed by atoms with Gasteiger partial charge in [0.05, 0.1) is 6.61 Å². The quantitative estimate of drug-likeness (QED) is 0.367. The van der Waals surface area contributed by atoms with Crippen LogP contribution in [0, 0.1) is 5.92 Å². The average Bonchev–Trinajstić information content (AvgIpc) is 3.17. The number of hydrogen-bond acceptors (Lipinski definition) is 2. The van der Waals surface area contributed by atoms with E-state index in [1.54, 1.807) is 0 Å². The van der Waals surface area contributed by atoms with E-state index in [0.717, 1.165) is 18.8 Å². The Hall–Kier alpha value is -0.530. The van der Waals surface area contributed by atoms with E-state index < -0.39 is 0 Å². The third-order valence-electron chi connectivity index (χ3n) is 3.70. The van der Waals surface area contributed by atoms with Crippen LogP contribution in [0.25, 0.3) is 0 Å². The fourth-order valence-electron chi connectivity index (χ4n) is 2.25. The zero-order chi connectivity index (χ0) is 13.1. The minimum Gasteiger partial charge on any atom is -0.466 e. The summed E-state index contributed by atoms with van der Waals surface area (Å²) < 4.78 is 5.23. The van der Waals surface area contributed by atoms with Crippen molar-refractivity contribution in [3.8, 4) is 0 Å². The Morgan fingerprint density at radius 2 is 1.72 bits per heavy atom. The van der Waals surface area contributed by atoms with Crippen LogP contribution < -0.4 is 0 Å². The highest BCUT2D eigenvalue weighted by molar-refractivity contribution is 5.69. The standard InChI is InChI=1S/C16H30O2/c1-2-3-4-5-8-11-16(17)18-14-9-6-7-10-15-12-13-15/h15H,2-14H2,1H3. The molecule has 0 saturated heterocycles. The van der Waals surface area contributed by atoms with Crippen molar-refractivity contribution in [1.82, 2.24) is 0 Å². The maximum Gasteiger partial charge on any atom is 0.305 e. The maximum atomic E-state index is 11.4. The molecule has 0 aromatic heterocycles. The highest BCUT2D eigenvalue weighted by atomic mass is 16.5. The summed E-state index contributed by atoms with van der Waals surface area (Å²) in [7, 11) is 0. The molecule has 0 bridgehead atoms. The van der Waals surface area contributed by atoms with Crippen molar-refractivity contribution < 1.29 is 9.53 Å². The van der Waals surface area contributed by atoms with E-state index in [1.165, 1.54) is 57.8 Å². The summed E-state index contributed by atoms with van der Waals surface area (Å²) in [4.78, 5) is 11.4. The predicted molar refractivity (Wildman–Crippen MR) is 75.5 cm³/mol. The molecule has 0 heterocycles.